The molecule has 0 unspecified atom stereocenters. The van der Waals surface area contributed by atoms with Crippen LogP contribution in [-0.4, -0.2) is 47.6 Å². The van der Waals surface area contributed by atoms with Crippen LogP contribution in [0.3, 0.4) is 0 Å². The Balaban J connectivity index is 1.95. The molecule has 0 saturated carbocycles. The number of benzene rings is 1. The van der Waals surface area contributed by atoms with Crippen LogP contribution >= 0.6 is 0 Å². The Bertz CT molecular complexity index is 676. The predicted octanol–water partition coefficient (Wildman–Crippen LogP) is 2.91. The second kappa shape index (κ2) is 5.47. The van der Waals surface area contributed by atoms with Crippen LogP contribution in [0, 0.1) is 6.92 Å². The molecule has 5 nitrogen and oxygen atoms in total. The Hall–Kier alpha value is -2.18. The zero-order valence-electron chi connectivity index (χ0n) is 12.8. The lowest BCUT2D eigenvalue weighted by Gasteiger charge is -2.33. The van der Waals surface area contributed by atoms with Crippen molar-refractivity contribution in [2.75, 3.05) is 24.5 Å². The van der Waals surface area contributed by atoms with E-state index in [1.807, 2.05) is 0 Å². The molecular weight excluding hydrogens is 306 g/mol. The van der Waals surface area contributed by atoms with Crippen molar-refractivity contribution in [3.8, 4) is 0 Å². The summed E-state index contributed by atoms with van der Waals surface area (Å²) >= 11 is 0. The molecule has 2 amide bonds. The molecule has 2 aliphatic heterocycles. The Morgan fingerprint density at radius 2 is 2.00 bits per heavy atom. The fraction of sp³-hybridized carbons (Fsp3) is 0.500. The number of carboxylic acid groups (broad SMARTS) is 1. The van der Waals surface area contributed by atoms with Crippen molar-refractivity contribution in [1.82, 2.24) is 4.90 Å². The molecule has 2 aliphatic rings. The Morgan fingerprint density at radius 3 is 2.61 bits per heavy atom. The smallest absolute Gasteiger partial charge is 0.336 e. The van der Waals surface area contributed by atoms with Gasteiger partial charge in [-0.25, -0.2) is 18.4 Å². The summed E-state index contributed by atoms with van der Waals surface area (Å²) in [5.74, 6) is -3.87. The lowest BCUT2D eigenvalue weighted by Crippen LogP contribution is -2.45. The highest BCUT2D eigenvalue weighted by Gasteiger charge is 2.42. The van der Waals surface area contributed by atoms with Gasteiger partial charge in [0, 0.05) is 25.2 Å². The molecule has 3 rings (SSSR count). The number of rotatable bonds is 1. The summed E-state index contributed by atoms with van der Waals surface area (Å²) in [6, 6.07) is 2.90. The molecule has 1 fully saturated rings. The van der Waals surface area contributed by atoms with Crippen LogP contribution in [0.15, 0.2) is 12.1 Å². The number of carbonyl (C=O) groups excluding carboxylic acids is 1. The van der Waals surface area contributed by atoms with E-state index in [1.165, 1.54) is 4.90 Å². The summed E-state index contributed by atoms with van der Waals surface area (Å²) < 4.78 is 26.7. The van der Waals surface area contributed by atoms with Crippen molar-refractivity contribution in [2.24, 2.45) is 0 Å². The van der Waals surface area contributed by atoms with Crippen LogP contribution in [-0.2, 0) is 6.42 Å². The predicted molar refractivity (Wildman–Crippen MR) is 80.3 cm³/mol. The van der Waals surface area contributed by atoms with Gasteiger partial charge < -0.3 is 10.0 Å². The molecule has 0 aromatic heterocycles. The Morgan fingerprint density at radius 1 is 1.26 bits per heavy atom. The van der Waals surface area contributed by atoms with Gasteiger partial charge >= 0.3 is 12.0 Å². The molecule has 0 spiro atoms. The van der Waals surface area contributed by atoms with E-state index < -0.39 is 24.5 Å². The van der Waals surface area contributed by atoms with Gasteiger partial charge in [-0.05, 0) is 37.0 Å². The number of alkyl halides is 2. The highest BCUT2D eigenvalue weighted by atomic mass is 19.3. The second-order valence-electron chi connectivity index (χ2n) is 6.13. The molecule has 1 N–H and O–H groups in total. The SMILES string of the molecule is Cc1ccc2c(c1C(=O)O)CCCN2C(=O)N1CCC(F)(F)C1. The number of amides is 2. The molecule has 1 aromatic carbocycles. The van der Waals surface area contributed by atoms with Crippen LogP contribution in [0.1, 0.15) is 34.3 Å². The maximum absolute atomic E-state index is 13.4. The quantitative estimate of drug-likeness (QED) is 0.864. The summed E-state index contributed by atoms with van der Waals surface area (Å²) in [5, 5.41) is 9.41. The third-order valence-electron chi connectivity index (χ3n) is 4.48. The highest BCUT2D eigenvalue weighted by molar-refractivity contribution is 5.98. The molecule has 23 heavy (non-hydrogen) atoms. The lowest BCUT2D eigenvalue weighted by molar-refractivity contribution is 0.0156. The molecule has 7 heteroatoms. The number of likely N-dealkylation sites (tertiary alicyclic amines) is 1. The first-order valence-electron chi connectivity index (χ1n) is 7.60. The second-order valence-corrected chi connectivity index (χ2v) is 6.13. The third kappa shape index (κ3) is 2.75. The number of nitrogens with zero attached hydrogens (tertiary/aromatic N) is 2. The van der Waals surface area contributed by atoms with Gasteiger partial charge in [0.05, 0.1) is 12.1 Å². The molecule has 1 saturated heterocycles. The third-order valence-corrected chi connectivity index (χ3v) is 4.48. The molecule has 0 aliphatic carbocycles. The van der Waals surface area contributed by atoms with E-state index >= 15 is 0 Å². The average Bonchev–Trinajstić information content (AvgIpc) is 2.85. The van der Waals surface area contributed by atoms with Crippen molar-refractivity contribution in [3.05, 3.63) is 28.8 Å². The number of urea groups is 1. The lowest BCUT2D eigenvalue weighted by atomic mass is 9.93. The monoisotopic (exact) mass is 324 g/mol. The van der Waals surface area contributed by atoms with Gasteiger partial charge in [-0.3, -0.25) is 4.90 Å². The highest BCUT2D eigenvalue weighted by Crippen LogP contribution is 2.34. The fourth-order valence-electron chi connectivity index (χ4n) is 3.36. The van der Waals surface area contributed by atoms with Gasteiger partial charge in [-0.2, -0.15) is 0 Å². The number of aromatic carboxylic acids is 1. The van der Waals surface area contributed by atoms with Gasteiger partial charge in [0.1, 0.15) is 0 Å². The first-order valence-corrected chi connectivity index (χ1v) is 7.60. The summed E-state index contributed by atoms with van der Waals surface area (Å²) in [7, 11) is 0. The van der Waals surface area contributed by atoms with Gasteiger partial charge in [-0.1, -0.05) is 6.07 Å². The number of carboxylic acids is 1. The van der Waals surface area contributed by atoms with Crippen LogP contribution < -0.4 is 4.90 Å². The van der Waals surface area contributed by atoms with Crippen LogP contribution in [0.5, 0.6) is 0 Å². The molecular formula is C16H18F2N2O3. The number of hydrogen-bond donors (Lipinski definition) is 1. The van der Waals surface area contributed by atoms with E-state index in [9.17, 15) is 23.5 Å². The molecule has 0 atom stereocenters. The van der Waals surface area contributed by atoms with E-state index in [0.717, 1.165) is 4.90 Å². The van der Waals surface area contributed by atoms with E-state index in [-0.39, 0.29) is 18.5 Å². The summed E-state index contributed by atoms with van der Waals surface area (Å²) in [4.78, 5) is 26.7. The van der Waals surface area contributed by atoms with Gasteiger partial charge in [0.15, 0.2) is 0 Å². The zero-order valence-corrected chi connectivity index (χ0v) is 12.8. The number of aryl methyl sites for hydroxylation is 1. The topological polar surface area (TPSA) is 60.9 Å². The number of anilines is 1. The van der Waals surface area contributed by atoms with E-state index in [2.05, 4.69) is 0 Å². The van der Waals surface area contributed by atoms with E-state index in [4.69, 9.17) is 0 Å². The number of fused-ring (bicyclic) bond motifs is 1. The van der Waals surface area contributed by atoms with Crippen LogP contribution in [0.4, 0.5) is 19.3 Å². The normalized spacial score (nSPS) is 19.6. The number of hydrogen-bond acceptors (Lipinski definition) is 2. The Labute approximate surface area is 132 Å². The summed E-state index contributed by atoms with van der Waals surface area (Å²) in [5.41, 5.74) is 1.99. The minimum absolute atomic E-state index is 0.0231. The molecule has 2 heterocycles. The molecule has 124 valence electrons. The first-order chi connectivity index (χ1) is 10.8. The average molecular weight is 324 g/mol. The van der Waals surface area contributed by atoms with Crippen molar-refractivity contribution in [2.45, 2.75) is 32.1 Å². The first kappa shape index (κ1) is 15.7. The standard InChI is InChI=1S/C16H18F2N2O3/c1-10-4-5-12-11(13(10)14(21)22)3-2-7-20(12)15(23)19-8-6-16(17,18)9-19/h4-5H,2-3,6-9H2,1H3,(H,21,22). The minimum atomic E-state index is -2.84. The van der Waals surface area contributed by atoms with Crippen LogP contribution in [0.2, 0.25) is 0 Å². The van der Waals surface area contributed by atoms with E-state index in [1.54, 1.807) is 19.1 Å². The van der Waals surface area contributed by atoms with Crippen molar-refractivity contribution >= 4 is 17.7 Å². The van der Waals surface area contributed by atoms with Gasteiger partial charge in [-0.15, -0.1) is 0 Å². The maximum Gasteiger partial charge on any atom is 0.336 e. The number of halogens is 2. The molecule has 0 bridgehead atoms. The van der Waals surface area contributed by atoms with Crippen LogP contribution in [0.25, 0.3) is 0 Å². The van der Waals surface area contributed by atoms with Crippen molar-refractivity contribution in [1.29, 1.82) is 0 Å². The molecule has 0 radical (unpaired) electrons. The number of carbonyl (C=O) groups is 2. The van der Waals surface area contributed by atoms with Crippen molar-refractivity contribution < 1.29 is 23.5 Å². The minimum Gasteiger partial charge on any atom is -0.478 e. The largest absolute Gasteiger partial charge is 0.478 e. The van der Waals surface area contributed by atoms with Gasteiger partial charge in [0.2, 0.25) is 0 Å². The summed E-state index contributed by atoms with van der Waals surface area (Å²) in [6.07, 6.45) is 0.860. The zero-order chi connectivity index (χ0) is 16.8. The van der Waals surface area contributed by atoms with Gasteiger partial charge in [0.25, 0.3) is 5.92 Å². The Kier molecular flexibility index (Phi) is 3.74. The fourth-order valence-corrected chi connectivity index (χ4v) is 3.36. The van der Waals surface area contributed by atoms with Crippen molar-refractivity contribution in [3.63, 3.8) is 0 Å². The van der Waals surface area contributed by atoms with E-state index in [0.29, 0.717) is 36.2 Å². The molecule has 1 aromatic rings. The summed E-state index contributed by atoms with van der Waals surface area (Å²) in [6.45, 7) is 1.58. The maximum atomic E-state index is 13.4.